The topological polar surface area (TPSA) is 125 Å². The summed E-state index contributed by atoms with van der Waals surface area (Å²) < 4.78 is 1.13. The first-order chi connectivity index (χ1) is 8.84. The van der Waals surface area contributed by atoms with Crippen LogP contribution in [0.2, 0.25) is 0 Å². The summed E-state index contributed by atoms with van der Waals surface area (Å²) in [6.45, 7) is 0.629. The number of rotatable bonds is 4. The zero-order valence-electron chi connectivity index (χ0n) is 11.1. The van der Waals surface area contributed by atoms with Gasteiger partial charge in [-0.15, -0.1) is 0 Å². The number of carbonyl (C=O) groups excluding carboxylic acids is 1. The van der Waals surface area contributed by atoms with Gasteiger partial charge in [-0.2, -0.15) is 0 Å². The molecule has 0 unspecified atom stereocenters. The van der Waals surface area contributed by atoms with Crippen LogP contribution in [0.1, 0.15) is 0 Å². The number of hydrogen-bond acceptors (Lipinski definition) is 5. The number of nitrogens with zero attached hydrogens (tertiary/aromatic N) is 2. The normalized spacial score (nSPS) is 10.1. The van der Waals surface area contributed by atoms with E-state index in [0.717, 1.165) is 4.57 Å². The van der Waals surface area contributed by atoms with Crippen molar-refractivity contribution >= 4 is 17.5 Å². The molecule has 0 aliphatic heterocycles. The molecule has 5 N–H and O–H groups in total. The Balaban J connectivity index is 2.65. The quantitative estimate of drug-likeness (QED) is 0.487. The van der Waals surface area contributed by atoms with Gasteiger partial charge in [0.1, 0.15) is 11.5 Å². The smallest absolute Gasteiger partial charge is 0.329 e. The third-order valence-electron chi connectivity index (χ3n) is 2.48. The average Bonchev–Trinajstić information content (AvgIpc) is 2.34. The molecule has 106 valence electrons. The van der Waals surface area contributed by atoms with Crippen LogP contribution in [-0.2, 0) is 7.05 Å². The number of urea groups is 1. The summed E-state index contributed by atoms with van der Waals surface area (Å²) in [4.78, 5) is 37.5. The third kappa shape index (κ3) is 3.50. The van der Waals surface area contributed by atoms with E-state index in [4.69, 9.17) is 5.73 Å². The van der Waals surface area contributed by atoms with Gasteiger partial charge in [0.05, 0.1) is 0 Å². The largest absolute Gasteiger partial charge is 0.383 e. The van der Waals surface area contributed by atoms with Crippen LogP contribution in [0.15, 0.2) is 9.59 Å². The highest BCUT2D eigenvalue weighted by Crippen LogP contribution is 2.06. The molecule has 0 saturated heterocycles. The van der Waals surface area contributed by atoms with Crippen LogP contribution in [0, 0.1) is 0 Å². The first kappa shape index (κ1) is 14.6. The maximum Gasteiger partial charge on any atom is 0.329 e. The predicted octanol–water partition coefficient (Wildman–Crippen LogP) is -1.66. The number of aromatic amines is 1. The molecule has 9 heteroatoms. The molecule has 0 radical (unpaired) electrons. The number of hydrogen-bond donors (Lipinski definition) is 4. The van der Waals surface area contributed by atoms with Gasteiger partial charge >= 0.3 is 11.7 Å². The van der Waals surface area contributed by atoms with E-state index in [1.807, 2.05) is 0 Å². The molecule has 1 aromatic heterocycles. The van der Waals surface area contributed by atoms with E-state index in [-0.39, 0.29) is 17.5 Å². The molecule has 0 aliphatic carbocycles. The van der Waals surface area contributed by atoms with Gasteiger partial charge in [-0.3, -0.25) is 14.3 Å². The molecule has 9 nitrogen and oxygen atoms in total. The van der Waals surface area contributed by atoms with Gasteiger partial charge in [-0.05, 0) is 0 Å². The third-order valence-corrected chi connectivity index (χ3v) is 2.48. The van der Waals surface area contributed by atoms with Crippen molar-refractivity contribution in [2.75, 3.05) is 38.2 Å². The lowest BCUT2D eigenvalue weighted by molar-refractivity contribution is 0.218. The molecular weight excluding hydrogens is 252 g/mol. The maximum atomic E-state index is 11.5. The fourth-order valence-corrected chi connectivity index (χ4v) is 1.32. The molecule has 1 heterocycles. The number of nitrogen functional groups attached to an aromatic ring is 1. The van der Waals surface area contributed by atoms with Crippen LogP contribution >= 0.6 is 0 Å². The summed E-state index contributed by atoms with van der Waals surface area (Å²) >= 11 is 0. The van der Waals surface area contributed by atoms with E-state index in [2.05, 4.69) is 15.6 Å². The van der Waals surface area contributed by atoms with E-state index >= 15 is 0 Å². The lowest BCUT2D eigenvalue weighted by Gasteiger charge is -2.13. The second kappa shape index (κ2) is 5.94. The number of anilines is 2. The van der Waals surface area contributed by atoms with Crippen molar-refractivity contribution in [1.82, 2.24) is 19.8 Å². The summed E-state index contributed by atoms with van der Waals surface area (Å²) in [5.74, 6) is 0.0488. The molecule has 1 rings (SSSR count). The van der Waals surface area contributed by atoms with Crippen LogP contribution in [0.5, 0.6) is 0 Å². The Hall–Kier alpha value is -2.45. The minimum absolute atomic E-state index is 0.0488. The van der Waals surface area contributed by atoms with Gasteiger partial charge in [-0.25, -0.2) is 9.59 Å². The molecule has 2 amide bonds. The molecule has 0 atom stereocenters. The summed E-state index contributed by atoms with van der Waals surface area (Å²) in [5, 5.41) is 5.40. The minimum atomic E-state index is -0.584. The lowest BCUT2D eigenvalue weighted by atomic mass is 10.4. The second-order valence-electron chi connectivity index (χ2n) is 4.13. The van der Waals surface area contributed by atoms with E-state index in [1.165, 1.54) is 11.9 Å². The van der Waals surface area contributed by atoms with Gasteiger partial charge in [-0.1, -0.05) is 0 Å². The molecular formula is C10H18N6O3. The Morgan fingerprint density at radius 1 is 1.37 bits per heavy atom. The van der Waals surface area contributed by atoms with Crippen LogP contribution in [0.4, 0.5) is 16.3 Å². The average molecular weight is 270 g/mol. The van der Waals surface area contributed by atoms with Crippen molar-refractivity contribution in [2.45, 2.75) is 0 Å². The zero-order valence-corrected chi connectivity index (χ0v) is 11.1. The predicted molar refractivity (Wildman–Crippen MR) is 72.3 cm³/mol. The number of carbonyl (C=O) groups is 1. The molecule has 0 aliphatic rings. The van der Waals surface area contributed by atoms with Crippen molar-refractivity contribution in [3.05, 3.63) is 20.8 Å². The molecule has 0 bridgehead atoms. The van der Waals surface area contributed by atoms with Gasteiger partial charge < -0.3 is 21.3 Å². The van der Waals surface area contributed by atoms with Crippen LogP contribution < -0.4 is 27.6 Å². The van der Waals surface area contributed by atoms with Gasteiger partial charge in [0.15, 0.2) is 0 Å². The highest BCUT2D eigenvalue weighted by Gasteiger charge is 2.09. The lowest BCUT2D eigenvalue weighted by Crippen LogP contribution is -2.38. The van der Waals surface area contributed by atoms with Gasteiger partial charge in [0.2, 0.25) is 0 Å². The van der Waals surface area contributed by atoms with Crippen molar-refractivity contribution in [3.8, 4) is 0 Å². The molecule has 0 spiro atoms. The van der Waals surface area contributed by atoms with Crippen LogP contribution in [-0.4, -0.2) is 47.7 Å². The van der Waals surface area contributed by atoms with Gasteiger partial charge in [0, 0.05) is 34.2 Å². The second-order valence-corrected chi connectivity index (χ2v) is 4.13. The molecule has 1 aromatic rings. The standard InChI is InChI=1S/C10H18N6O3/c1-15(2)9(18)13-5-4-12-6-7(11)16(3)10(19)14-8(6)17/h12H,4-5,11H2,1-3H3,(H,13,18)(H,14,17,19). The van der Waals surface area contributed by atoms with E-state index < -0.39 is 11.2 Å². The Labute approximate surface area is 109 Å². The number of aromatic nitrogens is 2. The Bertz CT molecular complexity index is 574. The molecule has 0 fully saturated rings. The number of amides is 2. The Morgan fingerprint density at radius 2 is 2.00 bits per heavy atom. The summed E-state index contributed by atoms with van der Waals surface area (Å²) in [5.41, 5.74) is 4.61. The zero-order chi connectivity index (χ0) is 14.6. The fourth-order valence-electron chi connectivity index (χ4n) is 1.32. The number of nitrogens with two attached hydrogens (primary N) is 1. The van der Waals surface area contributed by atoms with E-state index in [1.54, 1.807) is 14.1 Å². The van der Waals surface area contributed by atoms with Crippen molar-refractivity contribution in [2.24, 2.45) is 7.05 Å². The highest BCUT2D eigenvalue weighted by atomic mass is 16.2. The first-order valence-electron chi connectivity index (χ1n) is 5.62. The van der Waals surface area contributed by atoms with E-state index in [0.29, 0.717) is 13.1 Å². The summed E-state index contributed by atoms with van der Waals surface area (Å²) in [6, 6.07) is -0.232. The molecule has 19 heavy (non-hydrogen) atoms. The molecule has 0 saturated carbocycles. The fraction of sp³-hybridized carbons (Fsp3) is 0.500. The monoisotopic (exact) mass is 270 g/mol. The molecule has 0 aromatic carbocycles. The Morgan fingerprint density at radius 3 is 2.58 bits per heavy atom. The number of nitrogens with one attached hydrogen (secondary N) is 3. The van der Waals surface area contributed by atoms with E-state index in [9.17, 15) is 14.4 Å². The Kier molecular flexibility index (Phi) is 4.56. The van der Waals surface area contributed by atoms with Crippen molar-refractivity contribution in [1.29, 1.82) is 0 Å². The van der Waals surface area contributed by atoms with Crippen molar-refractivity contribution in [3.63, 3.8) is 0 Å². The number of H-pyrrole nitrogens is 1. The maximum absolute atomic E-state index is 11.5. The first-order valence-corrected chi connectivity index (χ1v) is 5.62. The SMILES string of the molecule is CN(C)C(=O)NCCNc1c(N)n(C)c(=O)[nH]c1=O. The summed E-state index contributed by atoms with van der Waals surface area (Å²) in [7, 11) is 4.70. The summed E-state index contributed by atoms with van der Waals surface area (Å²) in [6.07, 6.45) is 0. The highest BCUT2D eigenvalue weighted by molar-refractivity contribution is 5.73. The van der Waals surface area contributed by atoms with Crippen LogP contribution in [0.3, 0.4) is 0 Å². The van der Waals surface area contributed by atoms with Gasteiger partial charge in [0.25, 0.3) is 5.56 Å². The van der Waals surface area contributed by atoms with Crippen molar-refractivity contribution < 1.29 is 4.79 Å². The van der Waals surface area contributed by atoms with Crippen LogP contribution in [0.25, 0.3) is 0 Å². The minimum Gasteiger partial charge on any atom is -0.383 e.